The first-order valence-corrected chi connectivity index (χ1v) is 3.63. The van der Waals surface area contributed by atoms with Crippen LogP contribution in [0.3, 0.4) is 0 Å². The van der Waals surface area contributed by atoms with Gasteiger partial charge >= 0.3 is 0 Å². The lowest BCUT2D eigenvalue weighted by Gasteiger charge is -1.93. The molecule has 0 aliphatic carbocycles. The molecular formula is C7H4Cl2N2. The summed E-state index contributed by atoms with van der Waals surface area (Å²) in [4.78, 5) is 6.94. The van der Waals surface area contributed by atoms with Gasteiger partial charge < -0.3 is 4.85 Å². The lowest BCUT2D eigenvalue weighted by molar-refractivity contribution is 1.21. The molecule has 1 aromatic heterocycles. The van der Waals surface area contributed by atoms with E-state index in [-0.39, 0.29) is 0 Å². The third-order valence-corrected chi connectivity index (χ3v) is 1.47. The Bertz CT molecular complexity index is 284. The van der Waals surface area contributed by atoms with Crippen LogP contribution in [-0.4, -0.2) is 4.98 Å². The van der Waals surface area contributed by atoms with Crippen molar-refractivity contribution in [1.29, 1.82) is 0 Å². The first-order valence-electron chi connectivity index (χ1n) is 2.87. The Morgan fingerprint density at radius 2 is 1.91 bits per heavy atom. The summed E-state index contributed by atoms with van der Waals surface area (Å²) in [6, 6.07) is 3.26. The highest BCUT2D eigenvalue weighted by atomic mass is 35.5. The number of nitrogens with zero attached hydrogens (tertiary/aromatic N) is 2. The van der Waals surface area contributed by atoms with Gasteiger partial charge in [0.15, 0.2) is 0 Å². The molecule has 0 unspecified atom stereocenters. The minimum atomic E-state index is 0.294. The van der Waals surface area contributed by atoms with Crippen LogP contribution >= 0.6 is 23.2 Å². The zero-order valence-electron chi connectivity index (χ0n) is 5.51. The molecule has 56 valence electrons. The van der Waals surface area contributed by atoms with Crippen molar-refractivity contribution in [3.05, 3.63) is 39.4 Å². The van der Waals surface area contributed by atoms with E-state index in [4.69, 9.17) is 29.8 Å². The Balaban J connectivity index is 3.01. The highest BCUT2D eigenvalue weighted by Crippen LogP contribution is 2.14. The molecule has 0 amide bonds. The molecule has 0 atom stereocenters. The molecule has 2 nitrogen and oxygen atoms in total. The van der Waals surface area contributed by atoms with Gasteiger partial charge in [-0.05, 0) is 12.1 Å². The largest absolute Gasteiger partial charge is 0.312 e. The van der Waals surface area contributed by atoms with Crippen LogP contribution in [0.1, 0.15) is 5.56 Å². The van der Waals surface area contributed by atoms with E-state index in [1.807, 2.05) is 0 Å². The van der Waals surface area contributed by atoms with Gasteiger partial charge in [0.05, 0.1) is 0 Å². The van der Waals surface area contributed by atoms with E-state index in [1.165, 1.54) is 0 Å². The van der Waals surface area contributed by atoms with Crippen molar-refractivity contribution in [2.75, 3.05) is 0 Å². The zero-order chi connectivity index (χ0) is 8.27. The Morgan fingerprint density at radius 1 is 1.36 bits per heavy atom. The molecule has 0 fully saturated rings. The fraction of sp³-hybridized carbons (Fsp3) is 0.143. The predicted molar refractivity (Wildman–Crippen MR) is 44.6 cm³/mol. The van der Waals surface area contributed by atoms with E-state index in [2.05, 4.69) is 9.83 Å². The fourth-order valence-corrected chi connectivity index (χ4v) is 1.20. The van der Waals surface area contributed by atoms with Gasteiger partial charge in [0.1, 0.15) is 10.3 Å². The van der Waals surface area contributed by atoms with Gasteiger partial charge in [-0.15, -0.1) is 0 Å². The monoisotopic (exact) mass is 186 g/mol. The Labute approximate surface area is 74.6 Å². The molecule has 4 heteroatoms. The van der Waals surface area contributed by atoms with Crippen LogP contribution < -0.4 is 0 Å². The molecule has 1 heterocycles. The zero-order valence-corrected chi connectivity index (χ0v) is 7.02. The second-order valence-corrected chi connectivity index (χ2v) is 2.71. The molecule has 0 spiro atoms. The van der Waals surface area contributed by atoms with Gasteiger partial charge in [-0.25, -0.2) is 11.6 Å². The molecule has 0 radical (unpaired) electrons. The second-order valence-electron chi connectivity index (χ2n) is 1.94. The normalized spacial score (nSPS) is 9.18. The summed E-state index contributed by atoms with van der Waals surface area (Å²) in [7, 11) is 0. The van der Waals surface area contributed by atoms with Crippen LogP contribution in [0.25, 0.3) is 4.85 Å². The maximum atomic E-state index is 6.60. The summed E-state index contributed by atoms with van der Waals surface area (Å²) < 4.78 is 0. The summed E-state index contributed by atoms with van der Waals surface area (Å²) in [6.45, 7) is 6.89. The van der Waals surface area contributed by atoms with Crippen LogP contribution in [-0.2, 0) is 6.54 Å². The lowest BCUT2D eigenvalue weighted by Crippen LogP contribution is -1.83. The van der Waals surface area contributed by atoms with Crippen molar-refractivity contribution in [3.8, 4) is 0 Å². The number of halogens is 2. The molecule has 1 rings (SSSR count). The predicted octanol–water partition coefficient (Wildman–Crippen LogP) is 2.81. The van der Waals surface area contributed by atoms with Crippen molar-refractivity contribution in [1.82, 2.24) is 4.98 Å². The average molecular weight is 187 g/mol. The highest BCUT2D eigenvalue weighted by Gasteiger charge is 2.00. The number of hydrogen-bond acceptors (Lipinski definition) is 1. The Morgan fingerprint density at radius 3 is 2.36 bits per heavy atom. The van der Waals surface area contributed by atoms with Crippen LogP contribution in [0, 0.1) is 6.57 Å². The molecule has 0 aromatic carbocycles. The summed E-state index contributed by atoms with van der Waals surface area (Å²) in [5.74, 6) is 0. The molecule has 0 N–H and O–H groups in total. The first kappa shape index (κ1) is 8.32. The van der Waals surface area contributed by atoms with Crippen LogP contribution in [0.15, 0.2) is 12.1 Å². The minimum Gasteiger partial charge on any atom is -0.312 e. The summed E-state index contributed by atoms with van der Waals surface area (Å²) in [5, 5.41) is 0.660. The topological polar surface area (TPSA) is 17.2 Å². The molecule has 11 heavy (non-hydrogen) atoms. The van der Waals surface area contributed by atoms with Crippen LogP contribution in [0.2, 0.25) is 10.3 Å². The molecule has 0 saturated heterocycles. The Kier molecular flexibility index (Phi) is 2.70. The number of aromatic nitrogens is 1. The van der Waals surface area contributed by atoms with E-state index in [0.29, 0.717) is 16.9 Å². The SMILES string of the molecule is [C-]#[N+]Cc1cc(Cl)nc(Cl)c1. The Hall–Kier alpha value is -0.780. The lowest BCUT2D eigenvalue weighted by atomic mass is 10.3. The smallest absolute Gasteiger partial charge is 0.239 e. The van der Waals surface area contributed by atoms with E-state index in [9.17, 15) is 0 Å². The standard InChI is InChI=1S/C7H4Cl2N2/c1-10-4-5-2-6(8)11-7(9)3-5/h2-3H,4H2. The van der Waals surface area contributed by atoms with Gasteiger partial charge in [0.2, 0.25) is 6.54 Å². The fourth-order valence-electron chi connectivity index (χ4n) is 0.697. The van der Waals surface area contributed by atoms with Crippen molar-refractivity contribution in [3.63, 3.8) is 0 Å². The van der Waals surface area contributed by atoms with Crippen molar-refractivity contribution >= 4 is 23.2 Å². The summed E-state index contributed by atoms with van der Waals surface area (Å²) >= 11 is 11.2. The molecule has 0 aliphatic heterocycles. The molecule has 0 aliphatic rings. The van der Waals surface area contributed by atoms with Gasteiger partial charge in [0.25, 0.3) is 0 Å². The van der Waals surface area contributed by atoms with Crippen molar-refractivity contribution in [2.45, 2.75) is 6.54 Å². The number of hydrogen-bond donors (Lipinski definition) is 0. The summed E-state index contributed by atoms with van der Waals surface area (Å²) in [5.41, 5.74) is 0.796. The van der Waals surface area contributed by atoms with Crippen LogP contribution in [0.4, 0.5) is 0 Å². The van der Waals surface area contributed by atoms with E-state index in [1.54, 1.807) is 12.1 Å². The average Bonchev–Trinajstić information content (AvgIpc) is 1.85. The minimum absolute atomic E-state index is 0.294. The summed E-state index contributed by atoms with van der Waals surface area (Å²) in [6.07, 6.45) is 0. The second kappa shape index (κ2) is 3.56. The maximum absolute atomic E-state index is 6.60. The van der Waals surface area contributed by atoms with Crippen LogP contribution in [0.5, 0.6) is 0 Å². The first-order chi connectivity index (χ1) is 5.22. The third kappa shape index (κ3) is 2.38. The van der Waals surface area contributed by atoms with Crippen molar-refractivity contribution in [2.24, 2.45) is 0 Å². The number of pyridine rings is 1. The third-order valence-electron chi connectivity index (χ3n) is 1.08. The highest BCUT2D eigenvalue weighted by molar-refractivity contribution is 6.32. The van der Waals surface area contributed by atoms with Gasteiger partial charge in [-0.1, -0.05) is 23.2 Å². The van der Waals surface area contributed by atoms with Gasteiger partial charge in [-0.2, -0.15) is 0 Å². The molecule has 1 aromatic rings. The van der Waals surface area contributed by atoms with Gasteiger partial charge in [0, 0.05) is 5.56 Å². The van der Waals surface area contributed by atoms with E-state index in [0.717, 1.165) is 5.56 Å². The maximum Gasteiger partial charge on any atom is 0.239 e. The van der Waals surface area contributed by atoms with E-state index < -0.39 is 0 Å². The molecular weight excluding hydrogens is 183 g/mol. The molecule has 0 bridgehead atoms. The molecule has 0 saturated carbocycles. The van der Waals surface area contributed by atoms with E-state index >= 15 is 0 Å². The quantitative estimate of drug-likeness (QED) is 0.488. The van der Waals surface area contributed by atoms with Crippen molar-refractivity contribution < 1.29 is 0 Å². The number of rotatable bonds is 1. The van der Waals surface area contributed by atoms with Gasteiger partial charge in [-0.3, -0.25) is 0 Å².